The zero-order valence-electron chi connectivity index (χ0n) is 11.8. The van der Waals surface area contributed by atoms with Gasteiger partial charge in [-0.3, -0.25) is 0 Å². The molecule has 0 fully saturated rings. The fourth-order valence-corrected chi connectivity index (χ4v) is 1.47. The maximum Gasteiger partial charge on any atom is 0.0572 e. The Morgan fingerprint density at radius 2 is 1.60 bits per heavy atom. The van der Waals surface area contributed by atoms with Crippen molar-refractivity contribution in [1.29, 1.82) is 0 Å². The van der Waals surface area contributed by atoms with Gasteiger partial charge in [-0.1, -0.05) is 48.0 Å². The van der Waals surface area contributed by atoms with Crippen molar-refractivity contribution in [2.45, 2.75) is 79.8 Å². The topological polar surface area (TPSA) is 9.23 Å². The summed E-state index contributed by atoms with van der Waals surface area (Å²) in [6, 6.07) is 0. The maximum absolute atomic E-state index is 5.78. The normalized spacial score (nSPS) is 12.2. The first-order chi connectivity index (χ1) is 7.20. The van der Waals surface area contributed by atoms with Gasteiger partial charge in [0.25, 0.3) is 0 Å². The van der Waals surface area contributed by atoms with Crippen LogP contribution >= 0.6 is 0 Å². The van der Waals surface area contributed by atoms with Crippen molar-refractivity contribution in [1.82, 2.24) is 0 Å². The number of hydrogen-bond acceptors (Lipinski definition) is 1. The van der Waals surface area contributed by atoms with Gasteiger partial charge in [-0.2, -0.15) is 0 Å². The molecule has 0 amide bonds. The predicted octanol–water partition coefficient (Wildman–Crippen LogP) is 5.04. The van der Waals surface area contributed by atoms with Crippen LogP contribution < -0.4 is 0 Å². The molecule has 15 heavy (non-hydrogen) atoms. The summed E-state index contributed by atoms with van der Waals surface area (Å²) >= 11 is 0. The van der Waals surface area contributed by atoms with E-state index in [9.17, 15) is 0 Å². The molecule has 0 saturated carbocycles. The lowest BCUT2D eigenvalue weighted by atomic mass is 10.1. The molecule has 94 valence electrons. The van der Waals surface area contributed by atoms with E-state index in [2.05, 4.69) is 27.7 Å². The summed E-state index contributed by atoms with van der Waals surface area (Å²) in [5, 5.41) is 0. The van der Waals surface area contributed by atoms with Crippen molar-refractivity contribution in [3.63, 3.8) is 0 Å². The molecule has 0 aliphatic rings. The zero-order valence-corrected chi connectivity index (χ0v) is 11.8. The van der Waals surface area contributed by atoms with E-state index in [-0.39, 0.29) is 0 Å². The average Bonchev–Trinajstić information content (AvgIpc) is 2.25. The Morgan fingerprint density at radius 1 is 1.00 bits per heavy atom. The summed E-state index contributed by atoms with van der Waals surface area (Å²) in [6.07, 6.45) is 6.65. The van der Waals surface area contributed by atoms with Crippen LogP contribution in [0.3, 0.4) is 0 Å². The van der Waals surface area contributed by atoms with Crippen molar-refractivity contribution in [3.8, 4) is 0 Å². The van der Waals surface area contributed by atoms with Crippen LogP contribution in [-0.4, -0.2) is 12.7 Å². The molecule has 0 aliphatic carbocycles. The maximum atomic E-state index is 5.78. The Hall–Kier alpha value is -0.0400. The van der Waals surface area contributed by atoms with Gasteiger partial charge in [-0.05, 0) is 31.6 Å². The molecule has 1 heteroatoms. The molecule has 1 atom stereocenters. The Balaban J connectivity index is 0. The van der Waals surface area contributed by atoms with E-state index in [1.807, 2.05) is 13.8 Å². The fourth-order valence-electron chi connectivity index (χ4n) is 1.47. The van der Waals surface area contributed by atoms with Gasteiger partial charge >= 0.3 is 0 Å². The van der Waals surface area contributed by atoms with E-state index in [1.165, 1.54) is 25.7 Å². The van der Waals surface area contributed by atoms with Gasteiger partial charge in [0, 0.05) is 6.61 Å². The Morgan fingerprint density at radius 3 is 2.00 bits per heavy atom. The molecule has 0 heterocycles. The highest BCUT2D eigenvalue weighted by Gasteiger charge is 2.04. The van der Waals surface area contributed by atoms with Crippen LogP contribution in [0.15, 0.2) is 0 Å². The quantitative estimate of drug-likeness (QED) is 0.516. The lowest BCUT2D eigenvalue weighted by Crippen LogP contribution is -2.12. The van der Waals surface area contributed by atoms with Gasteiger partial charge in [0.2, 0.25) is 0 Å². The van der Waals surface area contributed by atoms with Crippen molar-refractivity contribution in [3.05, 3.63) is 0 Å². The van der Waals surface area contributed by atoms with Crippen LogP contribution in [0.25, 0.3) is 0 Å². The molecule has 0 rings (SSSR count). The van der Waals surface area contributed by atoms with Crippen molar-refractivity contribution < 1.29 is 4.74 Å². The van der Waals surface area contributed by atoms with Gasteiger partial charge in [0.1, 0.15) is 0 Å². The molecular weight excluding hydrogens is 184 g/mol. The molecule has 1 nitrogen and oxygen atoms in total. The molecule has 0 aliphatic heterocycles. The van der Waals surface area contributed by atoms with Crippen LogP contribution in [0.2, 0.25) is 0 Å². The van der Waals surface area contributed by atoms with Gasteiger partial charge in [0.15, 0.2) is 0 Å². The van der Waals surface area contributed by atoms with E-state index >= 15 is 0 Å². The third kappa shape index (κ3) is 14.0. The van der Waals surface area contributed by atoms with Crippen molar-refractivity contribution >= 4 is 0 Å². The third-order valence-electron chi connectivity index (χ3n) is 2.35. The molecule has 0 aromatic heterocycles. The molecular formula is C14H32O. The summed E-state index contributed by atoms with van der Waals surface area (Å²) in [4.78, 5) is 0. The highest BCUT2D eigenvalue weighted by molar-refractivity contribution is 4.54. The Bertz CT molecular complexity index is 99.5. The predicted molar refractivity (Wildman–Crippen MR) is 70.4 cm³/mol. The summed E-state index contributed by atoms with van der Waals surface area (Å²) in [5.41, 5.74) is 0. The van der Waals surface area contributed by atoms with Crippen LogP contribution in [0.1, 0.15) is 73.6 Å². The smallest absolute Gasteiger partial charge is 0.0572 e. The summed E-state index contributed by atoms with van der Waals surface area (Å²) in [6.45, 7) is 13.9. The van der Waals surface area contributed by atoms with Crippen LogP contribution in [-0.2, 0) is 4.74 Å². The lowest BCUT2D eigenvalue weighted by Gasteiger charge is -2.15. The van der Waals surface area contributed by atoms with Gasteiger partial charge in [-0.15, -0.1) is 0 Å². The minimum atomic E-state index is 0.511. The minimum absolute atomic E-state index is 0.511. The Kier molecular flexibility index (Phi) is 16.2. The second-order valence-electron chi connectivity index (χ2n) is 4.23. The lowest BCUT2D eigenvalue weighted by molar-refractivity contribution is 0.0409. The van der Waals surface area contributed by atoms with Gasteiger partial charge < -0.3 is 4.74 Å². The van der Waals surface area contributed by atoms with Crippen LogP contribution in [0.5, 0.6) is 0 Å². The second kappa shape index (κ2) is 14.0. The molecule has 0 radical (unpaired) electrons. The van der Waals surface area contributed by atoms with Gasteiger partial charge in [-0.25, -0.2) is 0 Å². The van der Waals surface area contributed by atoms with Crippen LogP contribution in [0, 0.1) is 5.92 Å². The van der Waals surface area contributed by atoms with E-state index in [1.54, 1.807) is 0 Å². The highest BCUT2D eigenvalue weighted by atomic mass is 16.5. The minimum Gasteiger partial charge on any atom is -0.378 e. The molecule has 1 unspecified atom stereocenters. The zero-order chi connectivity index (χ0) is 12.1. The van der Waals surface area contributed by atoms with E-state index < -0.39 is 0 Å². The molecule has 0 bridgehead atoms. The first-order valence-electron chi connectivity index (χ1n) is 6.82. The standard InChI is InChI=1S/C12H26O.C2H6/c1-5-8-12(6-2)13-10-7-9-11(3)4;1-2/h11-12H,5-10H2,1-4H3;1-2H3. The number of hydrogen-bond donors (Lipinski definition) is 0. The monoisotopic (exact) mass is 216 g/mol. The Labute approximate surface area is 97.6 Å². The van der Waals surface area contributed by atoms with E-state index in [0.29, 0.717) is 6.10 Å². The molecule has 0 saturated heterocycles. The summed E-state index contributed by atoms with van der Waals surface area (Å²) in [5.74, 6) is 0.815. The van der Waals surface area contributed by atoms with Crippen LogP contribution in [0.4, 0.5) is 0 Å². The van der Waals surface area contributed by atoms with E-state index in [4.69, 9.17) is 4.74 Å². The molecule has 0 aromatic rings. The first-order valence-corrected chi connectivity index (χ1v) is 6.82. The SMILES string of the molecule is CC.CCCC(CC)OCCCC(C)C. The average molecular weight is 216 g/mol. The summed E-state index contributed by atoms with van der Waals surface area (Å²) in [7, 11) is 0. The van der Waals surface area contributed by atoms with Crippen molar-refractivity contribution in [2.24, 2.45) is 5.92 Å². The number of rotatable bonds is 8. The molecule has 0 aromatic carbocycles. The summed E-state index contributed by atoms with van der Waals surface area (Å²) < 4.78 is 5.78. The second-order valence-corrected chi connectivity index (χ2v) is 4.23. The van der Waals surface area contributed by atoms with Gasteiger partial charge in [0.05, 0.1) is 6.10 Å². The molecule has 0 spiro atoms. The first kappa shape index (κ1) is 17.4. The van der Waals surface area contributed by atoms with Crippen molar-refractivity contribution in [2.75, 3.05) is 6.61 Å². The highest BCUT2D eigenvalue weighted by Crippen LogP contribution is 2.09. The largest absolute Gasteiger partial charge is 0.378 e. The third-order valence-corrected chi connectivity index (χ3v) is 2.35. The number of ether oxygens (including phenoxy) is 1. The van der Waals surface area contributed by atoms with E-state index in [0.717, 1.165) is 18.9 Å². The molecule has 0 N–H and O–H groups in total. The fraction of sp³-hybridized carbons (Fsp3) is 1.00.